The molecule has 0 atom stereocenters. The van der Waals surface area contributed by atoms with Crippen molar-refractivity contribution in [2.75, 3.05) is 19.7 Å². The molecule has 0 radical (unpaired) electrons. The summed E-state index contributed by atoms with van der Waals surface area (Å²) in [5, 5.41) is 11.8. The van der Waals surface area contributed by atoms with E-state index in [2.05, 4.69) is 19.2 Å². The van der Waals surface area contributed by atoms with Gasteiger partial charge in [-0.1, -0.05) is 47.5 Å². The number of hydrogen-bond acceptors (Lipinski definition) is 2. The second-order valence-corrected chi connectivity index (χ2v) is 5.18. The Labute approximate surface area is 96.5 Å². The van der Waals surface area contributed by atoms with Crippen LogP contribution in [0.2, 0.25) is 0 Å². The van der Waals surface area contributed by atoms with Crippen LogP contribution in [0.25, 0.3) is 0 Å². The predicted octanol–water partition coefficient (Wildman–Crippen LogP) is 3.20. The zero-order valence-corrected chi connectivity index (χ0v) is 11.4. The van der Waals surface area contributed by atoms with E-state index in [1.54, 1.807) is 0 Å². The Balaban J connectivity index is 0. The van der Waals surface area contributed by atoms with Gasteiger partial charge in [-0.25, -0.2) is 0 Å². The minimum atomic E-state index is 0.0972. The number of nitrogens with one attached hydrogen (secondary N) is 1. The first-order chi connectivity index (χ1) is 6.97. The molecule has 0 amide bonds. The van der Waals surface area contributed by atoms with E-state index in [4.69, 9.17) is 5.11 Å². The molecule has 0 saturated heterocycles. The Bertz CT molecular complexity index is 102. The molecule has 0 aliphatic rings. The third-order valence-electron chi connectivity index (χ3n) is 1.89. The molecule has 94 valence electrons. The molecule has 0 unspecified atom stereocenters. The van der Waals surface area contributed by atoms with Crippen molar-refractivity contribution in [2.24, 2.45) is 5.41 Å². The number of rotatable bonds is 6. The molecule has 2 N–H and O–H groups in total. The van der Waals surface area contributed by atoms with Gasteiger partial charge in [0, 0.05) is 6.61 Å². The summed E-state index contributed by atoms with van der Waals surface area (Å²) in [5.41, 5.74) is 0.0972. The van der Waals surface area contributed by atoms with Crippen LogP contribution < -0.4 is 5.32 Å². The van der Waals surface area contributed by atoms with Gasteiger partial charge >= 0.3 is 0 Å². The zero-order valence-electron chi connectivity index (χ0n) is 11.4. The molecule has 0 spiro atoms. The van der Waals surface area contributed by atoms with E-state index in [1.165, 1.54) is 38.8 Å². The van der Waals surface area contributed by atoms with E-state index >= 15 is 0 Å². The smallest absolute Gasteiger partial charge is 0.0479 e. The van der Waals surface area contributed by atoms with Crippen molar-refractivity contribution in [3.63, 3.8) is 0 Å². The average Bonchev–Trinajstić information content (AvgIpc) is 2.18. The maximum absolute atomic E-state index is 8.40. The molecule has 2 nitrogen and oxygen atoms in total. The van der Waals surface area contributed by atoms with E-state index in [-0.39, 0.29) is 12.0 Å². The Kier molecular flexibility index (Phi) is 13.8. The van der Waals surface area contributed by atoms with Crippen LogP contribution in [0, 0.1) is 5.41 Å². The summed E-state index contributed by atoms with van der Waals surface area (Å²) >= 11 is 0. The summed E-state index contributed by atoms with van der Waals surface area (Å²) in [6, 6.07) is 0. The number of aliphatic hydroxyl groups is 1. The lowest BCUT2D eigenvalue weighted by Crippen LogP contribution is -2.15. The molecular weight excluding hydrogens is 186 g/mol. The molecule has 0 saturated carbocycles. The largest absolute Gasteiger partial charge is 0.396 e. The first-order valence-electron chi connectivity index (χ1n) is 6.29. The molecule has 0 aliphatic carbocycles. The topological polar surface area (TPSA) is 32.3 Å². The van der Waals surface area contributed by atoms with Crippen LogP contribution in [0.5, 0.6) is 0 Å². The monoisotopic (exact) mass is 217 g/mol. The summed E-state index contributed by atoms with van der Waals surface area (Å²) < 4.78 is 0. The van der Waals surface area contributed by atoms with Crippen LogP contribution in [0.3, 0.4) is 0 Å². The molecule has 0 aliphatic heterocycles. The highest BCUT2D eigenvalue weighted by Crippen LogP contribution is 2.09. The van der Waals surface area contributed by atoms with Crippen LogP contribution in [-0.4, -0.2) is 24.8 Å². The standard InChI is InChI=1S/C8H19N.C5H12O/c1-3-5-7-9-8-6-4-2;1-5(2,3)4-6/h9H,3-8H2,1-2H3;6H,4H2,1-3H3. The Morgan fingerprint density at radius 2 is 1.27 bits per heavy atom. The predicted molar refractivity (Wildman–Crippen MR) is 69.2 cm³/mol. The van der Waals surface area contributed by atoms with Gasteiger partial charge in [0.25, 0.3) is 0 Å². The van der Waals surface area contributed by atoms with Crippen molar-refractivity contribution in [3.05, 3.63) is 0 Å². The molecule has 15 heavy (non-hydrogen) atoms. The fourth-order valence-corrected chi connectivity index (χ4v) is 0.729. The molecular formula is C13H31NO. The quantitative estimate of drug-likeness (QED) is 0.670. The molecule has 0 aromatic carbocycles. The normalized spacial score (nSPS) is 10.8. The Morgan fingerprint density at radius 3 is 1.47 bits per heavy atom. The van der Waals surface area contributed by atoms with Crippen molar-refractivity contribution < 1.29 is 5.11 Å². The van der Waals surface area contributed by atoms with Crippen molar-refractivity contribution in [3.8, 4) is 0 Å². The van der Waals surface area contributed by atoms with Gasteiger partial charge in [0.2, 0.25) is 0 Å². The summed E-state index contributed by atoms with van der Waals surface area (Å²) in [5.74, 6) is 0. The molecule has 2 heteroatoms. The van der Waals surface area contributed by atoms with E-state index in [0.717, 1.165) is 0 Å². The number of aliphatic hydroxyl groups excluding tert-OH is 1. The minimum Gasteiger partial charge on any atom is -0.396 e. The van der Waals surface area contributed by atoms with Crippen LogP contribution in [0.4, 0.5) is 0 Å². The highest BCUT2D eigenvalue weighted by molar-refractivity contribution is 4.55. The van der Waals surface area contributed by atoms with E-state index in [0.29, 0.717) is 0 Å². The van der Waals surface area contributed by atoms with Gasteiger partial charge < -0.3 is 10.4 Å². The van der Waals surface area contributed by atoms with Gasteiger partial charge in [0.1, 0.15) is 0 Å². The Morgan fingerprint density at radius 1 is 0.933 bits per heavy atom. The second kappa shape index (κ2) is 12.0. The summed E-state index contributed by atoms with van der Waals surface area (Å²) in [7, 11) is 0. The van der Waals surface area contributed by atoms with Gasteiger partial charge in [-0.3, -0.25) is 0 Å². The fraction of sp³-hybridized carbons (Fsp3) is 1.00. The molecule has 0 fully saturated rings. The molecule has 0 bridgehead atoms. The van der Waals surface area contributed by atoms with E-state index in [9.17, 15) is 0 Å². The maximum atomic E-state index is 8.40. The summed E-state index contributed by atoms with van der Waals surface area (Å²) in [6.45, 7) is 13.1. The van der Waals surface area contributed by atoms with E-state index < -0.39 is 0 Å². The molecule has 0 rings (SSSR count). The summed E-state index contributed by atoms with van der Waals surface area (Å²) in [6.07, 6.45) is 5.26. The van der Waals surface area contributed by atoms with Crippen LogP contribution >= 0.6 is 0 Å². The van der Waals surface area contributed by atoms with Crippen molar-refractivity contribution in [1.82, 2.24) is 5.32 Å². The average molecular weight is 217 g/mol. The van der Waals surface area contributed by atoms with Crippen molar-refractivity contribution in [1.29, 1.82) is 0 Å². The van der Waals surface area contributed by atoms with Gasteiger partial charge in [-0.05, 0) is 31.3 Å². The van der Waals surface area contributed by atoms with Crippen molar-refractivity contribution >= 4 is 0 Å². The first-order valence-corrected chi connectivity index (χ1v) is 6.29. The van der Waals surface area contributed by atoms with Gasteiger partial charge in [0.05, 0.1) is 0 Å². The number of hydrogen-bond donors (Lipinski definition) is 2. The van der Waals surface area contributed by atoms with Crippen LogP contribution in [0.15, 0.2) is 0 Å². The zero-order chi connectivity index (χ0) is 12.2. The maximum Gasteiger partial charge on any atom is 0.0479 e. The molecule has 0 heterocycles. The lowest BCUT2D eigenvalue weighted by atomic mass is 9.99. The lowest BCUT2D eigenvalue weighted by Gasteiger charge is -2.11. The Hall–Kier alpha value is -0.0800. The van der Waals surface area contributed by atoms with E-state index in [1.807, 2.05) is 20.8 Å². The van der Waals surface area contributed by atoms with Crippen LogP contribution in [-0.2, 0) is 0 Å². The molecule has 0 aromatic heterocycles. The minimum absolute atomic E-state index is 0.0972. The highest BCUT2D eigenvalue weighted by atomic mass is 16.3. The molecule has 0 aromatic rings. The highest BCUT2D eigenvalue weighted by Gasteiger charge is 2.05. The van der Waals surface area contributed by atoms with Gasteiger partial charge in [0.15, 0.2) is 0 Å². The van der Waals surface area contributed by atoms with Gasteiger partial charge in [-0.2, -0.15) is 0 Å². The van der Waals surface area contributed by atoms with Crippen molar-refractivity contribution in [2.45, 2.75) is 60.3 Å². The second-order valence-electron chi connectivity index (χ2n) is 5.18. The SMILES string of the molecule is CC(C)(C)CO.CCCCNCCCC. The fourth-order valence-electron chi connectivity index (χ4n) is 0.729. The first kappa shape index (κ1) is 17.3. The third kappa shape index (κ3) is 24.9. The number of unbranched alkanes of at least 4 members (excludes halogenated alkanes) is 2. The van der Waals surface area contributed by atoms with Gasteiger partial charge in [-0.15, -0.1) is 0 Å². The summed E-state index contributed by atoms with van der Waals surface area (Å²) in [4.78, 5) is 0. The lowest BCUT2D eigenvalue weighted by molar-refractivity contribution is 0.177. The third-order valence-corrected chi connectivity index (χ3v) is 1.89. The van der Waals surface area contributed by atoms with Crippen LogP contribution in [0.1, 0.15) is 60.3 Å².